The number of hydrogen-bond donors (Lipinski definition) is 10. The minimum absolute atomic E-state index is 0.0780. The van der Waals surface area contributed by atoms with Gasteiger partial charge in [-0.1, -0.05) is 194 Å². The van der Waals surface area contributed by atoms with E-state index in [1.54, 1.807) is 118 Å². The third-order valence-electron chi connectivity index (χ3n) is 22.6. The summed E-state index contributed by atoms with van der Waals surface area (Å²) in [6, 6.07) is 66.2. The van der Waals surface area contributed by atoms with Crippen molar-refractivity contribution >= 4 is 110 Å². The summed E-state index contributed by atoms with van der Waals surface area (Å²) in [5, 5.41) is 48.4. The van der Waals surface area contributed by atoms with Gasteiger partial charge >= 0.3 is 36.0 Å². The average Bonchev–Trinajstić information content (AvgIpc) is 1.60. The lowest BCUT2D eigenvalue weighted by Gasteiger charge is -2.21. The second-order valence-corrected chi connectivity index (χ2v) is 31.4. The Bertz CT molecular complexity index is 6590. The highest BCUT2D eigenvalue weighted by Gasteiger charge is 2.57. The summed E-state index contributed by atoms with van der Waals surface area (Å²) in [6.45, 7) is 3.35. The van der Waals surface area contributed by atoms with Crippen LogP contribution in [-0.4, -0.2) is 204 Å². The Hall–Kier alpha value is -15.4. The number of imidazole rings is 3. The fourth-order valence-corrected chi connectivity index (χ4v) is 16.4. The first kappa shape index (κ1) is 90.2. The number of ether oxygens (including phenoxy) is 11. The fraction of sp³-hybridized carbons (Fsp3) is 0.240. The molecule has 6 aliphatic rings. The number of urea groups is 3. The standard InChI is InChI=1S/C34H31N7O6.C32H28N6O7.C30H30N6O7/c42-33(43)24-14-8-7-11-22(24)17-35-18-25-28-29(47-26(46-28)16-15-21-9-3-1-4-10-21)32(45-25)41-20-38-27-30(36-19-37-31(27)41)40-34(44)39-23-12-5-2-6-13-23;39-30(40)22-14-8-7-11-20(22)15-42-16-23-25-26(45-31(44-25)19-9-3-1-4-10-19)29(43-23)38-18-35-24-27(33-17-34-28(24)38)37-32(41)36-21-12-5-2-6-13-21;1-2-31-30(39)35-26-23-27(33-16-32-26)36(17-34-23)28-25-24(42-22(43-25)13-12-18-8-4-3-5-9-18)21(41-28)15-40-14-19-10-6-7-11-20(19)29(37)38/h1-16,19-20,25-26,28-29,32,35H,17-18H2,(H,42,43)(H2,36,37,39,40,44);1-14,17-18,23,25-26,29,31H,15-16H2,(H,39,40)(H2,33,34,36,37,41);3-13,16-17,21-22,24-25,28H,2,14-15H2,1H3,(H,37,38)(H2,31,32,33,35,39)/b16-15+;;13-12+/t25-,26+,28?,29+,32-;23-,25?,26+,29-,31-;21-,22+,24?,25+,28-/m111/s1. The molecular formula is C96H89N19O20. The van der Waals surface area contributed by atoms with E-state index >= 15 is 0 Å². The Kier molecular flexibility index (Phi) is 28.1. The zero-order valence-corrected chi connectivity index (χ0v) is 71.9. The predicted molar refractivity (Wildman–Crippen MR) is 487 cm³/mol. The highest BCUT2D eigenvalue weighted by Crippen LogP contribution is 2.47. The molecule has 0 bridgehead atoms. The number of carbonyl (C=O) groups is 6. The van der Waals surface area contributed by atoms with Crippen molar-refractivity contribution in [3.05, 3.63) is 325 Å². The molecule has 39 nitrogen and oxygen atoms in total. The molecule has 135 heavy (non-hydrogen) atoms. The number of nitrogens with one attached hydrogen (secondary N) is 7. The van der Waals surface area contributed by atoms with Crippen LogP contribution in [0.25, 0.3) is 45.6 Å². The SMILES string of the molecule is CCNC(=O)Nc1ncnc2c1ncn2[C@@H]1O[C@H](COCc2ccccc2C(=O)O)C2O[C@H](/C=C/c3ccccc3)O[C@@H]21.O=C(Nc1ccccc1)Nc1ncnc2c1ncn2[C@@H]1O[C@H](CNCc2ccccc2C(=O)O)C2O[C@H](/C=C/c3ccccc3)O[C@@H]21.O=C(Nc1ccccc1)Nc1ncnc2c1ncn2[C@@H]1O[C@H](COCc2ccccc2C(=O)O)C2O[C@@H](c3ccccc3)O[C@@H]21. The molecule has 0 spiro atoms. The topological polar surface area (TPSA) is 480 Å². The van der Waals surface area contributed by atoms with E-state index in [0.717, 1.165) is 16.7 Å². The molecule has 688 valence electrons. The summed E-state index contributed by atoms with van der Waals surface area (Å²) in [5.74, 6) is -2.31. The Labute approximate surface area is 768 Å². The molecule has 0 saturated carbocycles. The van der Waals surface area contributed by atoms with Crippen LogP contribution in [0.2, 0.25) is 0 Å². The van der Waals surface area contributed by atoms with Gasteiger partial charge in [-0.05, 0) is 89.4 Å². The Morgan fingerprint density at radius 2 is 0.719 bits per heavy atom. The second kappa shape index (κ2) is 42.0. The minimum atomic E-state index is -1.02. The zero-order chi connectivity index (χ0) is 92.7. The van der Waals surface area contributed by atoms with Crippen LogP contribution in [0, 0.1) is 0 Å². The lowest BCUT2D eigenvalue weighted by Crippen LogP contribution is -2.36. The molecule has 3 unspecified atom stereocenters. The van der Waals surface area contributed by atoms with Crippen molar-refractivity contribution in [1.82, 2.24) is 69.2 Å². The van der Waals surface area contributed by atoms with Crippen molar-refractivity contribution < 1.29 is 96.2 Å². The average molecular weight is 1830 g/mol. The van der Waals surface area contributed by atoms with Crippen molar-refractivity contribution in [3.63, 3.8) is 0 Å². The number of fused-ring (bicyclic) bond motifs is 6. The number of anilines is 5. The first-order chi connectivity index (χ1) is 66.1. The molecule has 6 aromatic heterocycles. The van der Waals surface area contributed by atoms with E-state index in [1.807, 2.05) is 159 Å². The molecule has 10 N–H and O–H groups in total. The van der Waals surface area contributed by atoms with Gasteiger partial charge in [-0.2, -0.15) is 0 Å². The van der Waals surface area contributed by atoms with Gasteiger partial charge in [-0.3, -0.25) is 29.7 Å². The van der Waals surface area contributed by atoms with Crippen molar-refractivity contribution in [2.75, 3.05) is 52.9 Å². The number of benzene rings is 8. The normalized spacial score (nSPS) is 22.4. The maximum absolute atomic E-state index is 12.7. The maximum Gasteiger partial charge on any atom is 0.336 e. The van der Waals surface area contributed by atoms with Crippen LogP contribution in [0.15, 0.2) is 275 Å². The molecule has 8 aromatic carbocycles. The molecular weight excluding hydrogens is 1740 g/mol. The van der Waals surface area contributed by atoms with E-state index < -0.39 is 128 Å². The highest BCUT2D eigenvalue weighted by atomic mass is 16.8. The largest absolute Gasteiger partial charge is 0.478 e. The third kappa shape index (κ3) is 20.9. The van der Waals surface area contributed by atoms with Gasteiger partial charge in [0, 0.05) is 36.6 Å². The van der Waals surface area contributed by atoms with Crippen LogP contribution in [0.3, 0.4) is 0 Å². The number of carboxylic acid groups (broad SMARTS) is 3. The number of aromatic carboxylic acids is 3. The first-order valence-corrected chi connectivity index (χ1v) is 43.1. The molecule has 0 radical (unpaired) electrons. The van der Waals surface area contributed by atoms with Gasteiger partial charge in [0.2, 0.25) is 0 Å². The van der Waals surface area contributed by atoms with E-state index in [9.17, 15) is 44.1 Å². The Balaban J connectivity index is 0.000000135. The van der Waals surface area contributed by atoms with Gasteiger partial charge in [0.25, 0.3) is 0 Å². The van der Waals surface area contributed by atoms with E-state index in [2.05, 4.69) is 82.1 Å². The quantitative estimate of drug-likeness (QED) is 0.0208. The molecule has 14 aromatic rings. The van der Waals surface area contributed by atoms with Crippen molar-refractivity contribution in [2.24, 2.45) is 0 Å². The van der Waals surface area contributed by atoms with Crippen LogP contribution in [0.1, 0.15) is 96.4 Å². The van der Waals surface area contributed by atoms with Crippen LogP contribution >= 0.6 is 0 Å². The number of amides is 6. The summed E-state index contributed by atoms with van der Waals surface area (Å²) in [7, 11) is 0. The molecule has 20 rings (SSSR count). The number of carboxylic acids is 3. The van der Waals surface area contributed by atoms with Crippen molar-refractivity contribution in [3.8, 4) is 0 Å². The van der Waals surface area contributed by atoms with E-state index in [0.29, 0.717) is 81.2 Å². The van der Waals surface area contributed by atoms with Gasteiger partial charge < -0.3 is 88.7 Å². The van der Waals surface area contributed by atoms with Gasteiger partial charge in [-0.15, -0.1) is 0 Å². The summed E-state index contributed by atoms with van der Waals surface area (Å²) in [5.41, 5.74) is 8.91. The molecule has 6 amide bonds. The molecule has 6 fully saturated rings. The number of aromatic nitrogens is 12. The number of carbonyl (C=O) groups excluding carboxylic acids is 3. The molecule has 6 aliphatic heterocycles. The van der Waals surface area contributed by atoms with E-state index in [4.69, 9.17) is 52.1 Å². The highest BCUT2D eigenvalue weighted by molar-refractivity contribution is 6.04. The lowest BCUT2D eigenvalue weighted by atomic mass is 10.1. The van der Waals surface area contributed by atoms with Gasteiger partial charge in [-0.25, -0.2) is 73.6 Å². The number of para-hydroxylation sites is 2. The number of rotatable bonds is 29. The summed E-state index contributed by atoms with van der Waals surface area (Å²) < 4.78 is 74.7. The molecule has 6 saturated heterocycles. The van der Waals surface area contributed by atoms with E-state index in [1.165, 1.54) is 31.1 Å². The Morgan fingerprint density at radius 3 is 1.15 bits per heavy atom. The van der Waals surface area contributed by atoms with Crippen LogP contribution in [0.5, 0.6) is 0 Å². The Morgan fingerprint density at radius 1 is 0.370 bits per heavy atom. The smallest absolute Gasteiger partial charge is 0.336 e. The van der Waals surface area contributed by atoms with Crippen LogP contribution in [0.4, 0.5) is 43.2 Å². The monoisotopic (exact) mass is 1830 g/mol. The zero-order valence-electron chi connectivity index (χ0n) is 71.9. The third-order valence-corrected chi connectivity index (χ3v) is 22.6. The molecule has 0 aliphatic carbocycles. The molecule has 12 heterocycles. The van der Waals surface area contributed by atoms with Gasteiger partial charge in [0.15, 0.2) is 88.5 Å². The van der Waals surface area contributed by atoms with Crippen LogP contribution < -0.4 is 37.2 Å². The molecule has 15 atom stereocenters. The number of hydrogen-bond acceptors (Lipinski definition) is 27. The minimum Gasteiger partial charge on any atom is -0.478 e. The second-order valence-electron chi connectivity index (χ2n) is 31.4. The fourth-order valence-electron chi connectivity index (χ4n) is 16.4. The van der Waals surface area contributed by atoms with Crippen LogP contribution in [-0.2, 0) is 71.9 Å². The van der Waals surface area contributed by atoms with Gasteiger partial charge in [0.1, 0.15) is 73.9 Å². The van der Waals surface area contributed by atoms with Crippen molar-refractivity contribution in [1.29, 1.82) is 0 Å². The first-order valence-electron chi connectivity index (χ1n) is 43.1. The lowest BCUT2D eigenvalue weighted by molar-refractivity contribution is -0.158. The van der Waals surface area contributed by atoms with Crippen molar-refractivity contribution in [2.45, 2.75) is 119 Å². The summed E-state index contributed by atoms with van der Waals surface area (Å²) in [6.07, 6.45) is 7.69. The van der Waals surface area contributed by atoms with Gasteiger partial charge in [0.05, 0.1) is 62.1 Å². The van der Waals surface area contributed by atoms with E-state index in [-0.39, 0.29) is 60.6 Å². The summed E-state index contributed by atoms with van der Waals surface area (Å²) in [4.78, 5) is 112. The number of nitrogens with zero attached hydrogens (tertiary/aromatic N) is 12. The molecule has 39 heteroatoms. The predicted octanol–water partition coefficient (Wildman–Crippen LogP) is 13.0. The maximum atomic E-state index is 12.7. The summed E-state index contributed by atoms with van der Waals surface area (Å²) >= 11 is 0.